The number of carboxylic acids is 1. The molecule has 0 heterocycles. The van der Waals surface area contributed by atoms with Crippen molar-refractivity contribution in [3.63, 3.8) is 0 Å². The SMILES string of the molecule is O=C(C=Cc1ccc(O)c(O)c1)O[C@H]1[C@H](O)C[C@@](O)(C(=O)O)C[C@H]1OC(=O)C=Cc1ccc(O)c(O)c1. The fraction of sp³-hybridized carbons (Fsp3) is 0.240. The lowest BCUT2D eigenvalue weighted by atomic mass is 9.79. The Morgan fingerprint density at radius 3 is 1.73 bits per heavy atom. The standard InChI is InChI=1S/C25H24O12/c26-15-5-1-13(9-17(15)28)3-7-21(31)36-20-12-25(35,24(33)34)11-19(30)23(20)37-22(32)8-4-14-2-6-16(27)18(29)10-14/h1-10,19-20,23,26-30,35H,11-12H2,(H,33,34)/t19-,20-,23+,25+/m1/s1. The number of carboxylic acid groups (broad SMARTS) is 1. The monoisotopic (exact) mass is 516 g/mol. The van der Waals surface area contributed by atoms with Crippen LogP contribution in [0.4, 0.5) is 0 Å². The number of aliphatic hydroxyl groups excluding tert-OH is 1. The van der Waals surface area contributed by atoms with Crippen LogP contribution in [-0.4, -0.2) is 77.6 Å². The molecule has 0 radical (unpaired) electrons. The van der Waals surface area contributed by atoms with Crippen molar-refractivity contribution < 1.29 is 59.6 Å². The van der Waals surface area contributed by atoms with Crippen LogP contribution < -0.4 is 0 Å². The van der Waals surface area contributed by atoms with Gasteiger partial charge in [0.05, 0.1) is 6.10 Å². The fourth-order valence-electron chi connectivity index (χ4n) is 3.66. The quantitative estimate of drug-likeness (QED) is 0.156. The molecule has 0 aliphatic heterocycles. The molecular weight excluding hydrogens is 492 g/mol. The van der Waals surface area contributed by atoms with E-state index in [9.17, 15) is 50.1 Å². The van der Waals surface area contributed by atoms with E-state index in [2.05, 4.69) is 0 Å². The highest BCUT2D eigenvalue weighted by atomic mass is 16.6. The predicted octanol–water partition coefficient (Wildman–Crippen LogP) is 1.03. The van der Waals surface area contributed by atoms with Gasteiger partial charge in [0, 0.05) is 25.0 Å². The number of carbonyl (C=O) groups is 3. The van der Waals surface area contributed by atoms with Gasteiger partial charge in [0.15, 0.2) is 34.7 Å². The van der Waals surface area contributed by atoms with Gasteiger partial charge >= 0.3 is 17.9 Å². The van der Waals surface area contributed by atoms with Crippen LogP contribution in [0.5, 0.6) is 23.0 Å². The summed E-state index contributed by atoms with van der Waals surface area (Å²) < 4.78 is 10.4. The van der Waals surface area contributed by atoms with Crippen LogP contribution in [0, 0.1) is 0 Å². The first-order chi connectivity index (χ1) is 17.4. The number of aromatic hydroxyl groups is 4. The van der Waals surface area contributed by atoms with Gasteiger partial charge in [0.2, 0.25) is 0 Å². The first kappa shape index (κ1) is 27.0. The van der Waals surface area contributed by atoms with E-state index in [1.54, 1.807) is 0 Å². The Morgan fingerprint density at radius 2 is 1.27 bits per heavy atom. The summed E-state index contributed by atoms with van der Waals surface area (Å²) in [5, 5.41) is 68.0. The van der Waals surface area contributed by atoms with E-state index >= 15 is 0 Å². The molecular formula is C25H24O12. The van der Waals surface area contributed by atoms with Gasteiger partial charge < -0.3 is 45.2 Å². The summed E-state index contributed by atoms with van der Waals surface area (Å²) >= 11 is 0. The Bertz CT molecular complexity index is 1250. The van der Waals surface area contributed by atoms with Crippen LogP contribution in [0.1, 0.15) is 24.0 Å². The van der Waals surface area contributed by atoms with Crippen molar-refractivity contribution in [1.29, 1.82) is 0 Å². The Balaban J connectivity index is 1.75. The average molecular weight is 516 g/mol. The highest BCUT2D eigenvalue weighted by Gasteiger charge is 2.52. The Morgan fingerprint density at radius 1 is 0.784 bits per heavy atom. The van der Waals surface area contributed by atoms with Crippen LogP contribution in [0.15, 0.2) is 48.6 Å². The molecule has 1 saturated carbocycles. The van der Waals surface area contributed by atoms with Gasteiger partial charge in [-0.05, 0) is 47.5 Å². The maximum absolute atomic E-state index is 12.4. The minimum atomic E-state index is -2.46. The summed E-state index contributed by atoms with van der Waals surface area (Å²) in [6.45, 7) is 0. The molecule has 0 unspecified atom stereocenters. The van der Waals surface area contributed by atoms with Crippen molar-refractivity contribution in [2.75, 3.05) is 0 Å². The summed E-state index contributed by atoms with van der Waals surface area (Å²) in [5.41, 5.74) is -1.82. The maximum atomic E-state index is 12.4. The van der Waals surface area contributed by atoms with Gasteiger partial charge in [0.25, 0.3) is 0 Å². The summed E-state index contributed by atoms with van der Waals surface area (Å²) in [4.78, 5) is 36.3. The van der Waals surface area contributed by atoms with Gasteiger partial charge in [0.1, 0.15) is 6.10 Å². The second-order valence-electron chi connectivity index (χ2n) is 8.35. The number of phenolic OH excluding ortho intramolecular Hbond substituents is 4. The molecule has 1 fully saturated rings. The lowest BCUT2D eigenvalue weighted by Gasteiger charge is -2.40. The number of carbonyl (C=O) groups excluding carboxylic acids is 2. The van der Waals surface area contributed by atoms with Crippen molar-refractivity contribution in [2.45, 2.75) is 36.8 Å². The van der Waals surface area contributed by atoms with Crippen LogP contribution in [0.25, 0.3) is 12.2 Å². The van der Waals surface area contributed by atoms with Crippen LogP contribution >= 0.6 is 0 Å². The molecule has 7 N–H and O–H groups in total. The Hall–Kier alpha value is -4.55. The lowest BCUT2D eigenvalue weighted by Crippen LogP contribution is -2.58. The van der Waals surface area contributed by atoms with E-state index < -0.39 is 66.2 Å². The molecule has 0 saturated heterocycles. The number of esters is 2. The normalized spacial score (nSPS) is 23.7. The smallest absolute Gasteiger partial charge is 0.335 e. The highest BCUT2D eigenvalue weighted by Crippen LogP contribution is 2.33. The number of hydrogen-bond donors (Lipinski definition) is 7. The highest BCUT2D eigenvalue weighted by molar-refractivity contribution is 5.88. The van der Waals surface area contributed by atoms with E-state index in [4.69, 9.17) is 9.47 Å². The largest absolute Gasteiger partial charge is 0.504 e. The van der Waals surface area contributed by atoms with E-state index in [1.807, 2.05) is 0 Å². The van der Waals surface area contributed by atoms with E-state index in [1.165, 1.54) is 42.5 Å². The predicted molar refractivity (Wildman–Crippen MR) is 125 cm³/mol. The number of benzene rings is 2. The molecule has 0 bridgehead atoms. The number of phenols is 4. The summed E-state index contributed by atoms with van der Waals surface area (Å²) in [6.07, 6.45) is -1.86. The van der Waals surface area contributed by atoms with E-state index in [0.29, 0.717) is 11.1 Å². The van der Waals surface area contributed by atoms with Crippen molar-refractivity contribution in [3.05, 3.63) is 59.7 Å². The van der Waals surface area contributed by atoms with Crippen molar-refractivity contribution in [1.82, 2.24) is 0 Å². The zero-order chi connectivity index (χ0) is 27.3. The molecule has 12 nitrogen and oxygen atoms in total. The maximum Gasteiger partial charge on any atom is 0.335 e. The minimum absolute atomic E-state index is 0.311. The summed E-state index contributed by atoms with van der Waals surface area (Å²) in [7, 11) is 0. The summed E-state index contributed by atoms with van der Waals surface area (Å²) in [5.74, 6) is -5.29. The molecule has 1 aliphatic rings. The van der Waals surface area contributed by atoms with Gasteiger partial charge in [-0.15, -0.1) is 0 Å². The number of rotatable bonds is 7. The van der Waals surface area contributed by atoms with Crippen LogP contribution in [-0.2, 0) is 23.9 Å². The summed E-state index contributed by atoms with van der Waals surface area (Å²) in [6, 6.07) is 7.50. The van der Waals surface area contributed by atoms with E-state index in [0.717, 1.165) is 18.2 Å². The molecule has 0 spiro atoms. The third-order valence-electron chi connectivity index (χ3n) is 5.57. The number of aliphatic hydroxyl groups is 2. The zero-order valence-electron chi connectivity index (χ0n) is 19.1. The molecule has 196 valence electrons. The zero-order valence-corrected chi connectivity index (χ0v) is 19.1. The molecule has 0 amide bonds. The number of ether oxygens (including phenoxy) is 2. The topological polar surface area (TPSA) is 211 Å². The van der Waals surface area contributed by atoms with Crippen molar-refractivity contribution in [3.8, 4) is 23.0 Å². The molecule has 12 heteroatoms. The first-order valence-electron chi connectivity index (χ1n) is 10.8. The van der Waals surface area contributed by atoms with Crippen LogP contribution in [0.2, 0.25) is 0 Å². The van der Waals surface area contributed by atoms with Crippen molar-refractivity contribution >= 4 is 30.1 Å². The van der Waals surface area contributed by atoms with Gasteiger partial charge in [-0.25, -0.2) is 14.4 Å². The van der Waals surface area contributed by atoms with Gasteiger partial charge in [-0.3, -0.25) is 0 Å². The second-order valence-corrected chi connectivity index (χ2v) is 8.35. The van der Waals surface area contributed by atoms with Crippen molar-refractivity contribution in [2.24, 2.45) is 0 Å². The minimum Gasteiger partial charge on any atom is -0.504 e. The molecule has 4 atom stereocenters. The number of aliphatic carboxylic acids is 1. The first-order valence-corrected chi connectivity index (χ1v) is 10.8. The average Bonchev–Trinajstić information content (AvgIpc) is 2.82. The number of hydrogen-bond acceptors (Lipinski definition) is 11. The molecule has 2 aromatic carbocycles. The molecule has 37 heavy (non-hydrogen) atoms. The fourth-order valence-corrected chi connectivity index (χ4v) is 3.66. The third kappa shape index (κ3) is 6.78. The molecule has 2 aromatic rings. The molecule has 0 aromatic heterocycles. The second kappa shape index (κ2) is 11.0. The van der Waals surface area contributed by atoms with E-state index in [-0.39, 0.29) is 11.5 Å². The Kier molecular flexibility index (Phi) is 8.05. The molecule has 1 aliphatic carbocycles. The molecule has 3 rings (SSSR count). The third-order valence-corrected chi connectivity index (χ3v) is 5.57. The Labute approximate surface area is 209 Å². The van der Waals surface area contributed by atoms with Crippen LogP contribution in [0.3, 0.4) is 0 Å². The van der Waals surface area contributed by atoms with Gasteiger partial charge in [-0.2, -0.15) is 0 Å². The van der Waals surface area contributed by atoms with Gasteiger partial charge in [-0.1, -0.05) is 12.1 Å². The lowest BCUT2D eigenvalue weighted by molar-refractivity contribution is -0.204.